The highest BCUT2D eigenvalue weighted by Gasteiger charge is 2.63. The van der Waals surface area contributed by atoms with E-state index in [0.29, 0.717) is 12.0 Å². The van der Waals surface area contributed by atoms with Gasteiger partial charge in [0.15, 0.2) is 11.4 Å². The number of phenolic OH excluding ortho intramolecular Hbond substituents is 1. The van der Waals surface area contributed by atoms with Crippen LogP contribution in [0.2, 0.25) is 0 Å². The van der Waals surface area contributed by atoms with Gasteiger partial charge < -0.3 is 26.2 Å². The summed E-state index contributed by atoms with van der Waals surface area (Å²) in [6.45, 7) is 2.10. The van der Waals surface area contributed by atoms with Gasteiger partial charge in [0.2, 0.25) is 5.78 Å². The SMILES string of the molecule is CCCCCc1ccc(O)c2c1C[C@H]1C[C@H]3[C@@H](N(C)C)C(O)=C(C(N)=O)C(=O)[C@@]3(O)C(O)=C1C2=O. The third kappa shape index (κ3) is 3.56. The molecule has 0 unspecified atom stereocenters. The highest BCUT2D eigenvalue weighted by atomic mass is 16.3. The van der Waals surface area contributed by atoms with E-state index in [1.54, 1.807) is 19.0 Å². The molecule has 35 heavy (non-hydrogen) atoms. The second kappa shape index (κ2) is 8.80. The molecule has 1 aromatic carbocycles. The fraction of sp³-hybridized carbons (Fsp3) is 0.500. The molecule has 9 heteroatoms. The summed E-state index contributed by atoms with van der Waals surface area (Å²) in [4.78, 5) is 40.4. The standard InChI is InChI=1S/C26H32N2O7/c1-4-5-6-7-12-8-9-16(29)18-14(12)10-13-11-15-20(28(2)3)22(31)19(25(27)34)24(33)26(15,35)23(32)17(13)21(18)30/h8-9,13,15,20,29,31-32,35H,4-7,10-11H2,1-3H3,(H2,27,34)/t13-,15-,20+,26-/m0/s1. The van der Waals surface area contributed by atoms with Gasteiger partial charge in [-0.3, -0.25) is 19.3 Å². The van der Waals surface area contributed by atoms with Crippen molar-refractivity contribution in [3.63, 3.8) is 0 Å². The van der Waals surface area contributed by atoms with Crippen molar-refractivity contribution in [2.45, 2.75) is 57.1 Å². The fourth-order valence-corrected chi connectivity index (χ4v) is 6.11. The topological polar surface area (TPSA) is 161 Å². The number of amides is 1. The normalized spacial score (nSPS) is 28.2. The summed E-state index contributed by atoms with van der Waals surface area (Å²) in [6, 6.07) is 2.27. The van der Waals surface area contributed by atoms with E-state index < -0.39 is 58.0 Å². The number of benzene rings is 1. The van der Waals surface area contributed by atoms with E-state index in [0.717, 1.165) is 31.2 Å². The molecule has 4 atom stereocenters. The molecule has 3 aliphatic carbocycles. The average molecular weight is 485 g/mol. The molecule has 3 aliphatic rings. The summed E-state index contributed by atoms with van der Waals surface area (Å²) in [5.74, 6) is -6.32. The quantitative estimate of drug-likeness (QED) is 0.302. The summed E-state index contributed by atoms with van der Waals surface area (Å²) in [7, 11) is 3.22. The van der Waals surface area contributed by atoms with Crippen molar-refractivity contribution < 1.29 is 34.8 Å². The first kappa shape index (κ1) is 24.9. The fourth-order valence-electron chi connectivity index (χ4n) is 6.11. The molecular formula is C26H32N2O7. The van der Waals surface area contributed by atoms with Gasteiger partial charge in [0.05, 0.1) is 11.6 Å². The smallest absolute Gasteiger partial charge is 0.255 e. The Morgan fingerprint density at radius 2 is 1.86 bits per heavy atom. The van der Waals surface area contributed by atoms with Crippen LogP contribution in [0.1, 0.15) is 54.1 Å². The zero-order valence-electron chi connectivity index (χ0n) is 20.2. The molecular weight excluding hydrogens is 452 g/mol. The van der Waals surface area contributed by atoms with E-state index in [-0.39, 0.29) is 23.3 Å². The number of aryl methyl sites for hydroxylation is 1. The van der Waals surface area contributed by atoms with Gasteiger partial charge in [0.1, 0.15) is 22.8 Å². The van der Waals surface area contributed by atoms with Crippen LogP contribution in [0.25, 0.3) is 0 Å². The first-order valence-electron chi connectivity index (χ1n) is 11.9. The third-order valence-electron chi connectivity index (χ3n) is 7.75. The highest BCUT2D eigenvalue weighted by Crippen LogP contribution is 2.52. The van der Waals surface area contributed by atoms with E-state index in [1.165, 1.54) is 6.07 Å². The summed E-state index contributed by atoms with van der Waals surface area (Å²) >= 11 is 0. The van der Waals surface area contributed by atoms with Crippen LogP contribution in [0.5, 0.6) is 5.75 Å². The van der Waals surface area contributed by atoms with Gasteiger partial charge in [-0.25, -0.2) is 0 Å². The van der Waals surface area contributed by atoms with E-state index in [2.05, 4.69) is 6.92 Å². The minimum absolute atomic E-state index is 0.0692. The molecule has 6 N–H and O–H groups in total. The van der Waals surface area contributed by atoms with E-state index in [4.69, 9.17) is 5.73 Å². The number of hydrogen-bond acceptors (Lipinski definition) is 8. The molecule has 4 rings (SSSR count). The lowest BCUT2D eigenvalue weighted by Gasteiger charge is -2.50. The largest absolute Gasteiger partial charge is 0.510 e. The number of nitrogens with two attached hydrogens (primary N) is 1. The Balaban J connectivity index is 1.89. The van der Waals surface area contributed by atoms with Gasteiger partial charge in [0.25, 0.3) is 5.91 Å². The zero-order chi connectivity index (χ0) is 25.8. The molecule has 0 aromatic heterocycles. The molecule has 1 amide bonds. The maximum absolute atomic E-state index is 13.6. The van der Waals surface area contributed by atoms with E-state index in [9.17, 15) is 34.8 Å². The number of carbonyl (C=O) groups excluding carboxylic acids is 3. The van der Waals surface area contributed by atoms with Crippen LogP contribution < -0.4 is 5.73 Å². The van der Waals surface area contributed by atoms with Gasteiger partial charge in [-0.15, -0.1) is 0 Å². The Morgan fingerprint density at radius 3 is 2.46 bits per heavy atom. The number of Topliss-reactive ketones (excluding diaryl/α,β-unsaturated/α-hetero) is 2. The van der Waals surface area contributed by atoms with Crippen LogP contribution in [-0.4, -0.2) is 68.5 Å². The van der Waals surface area contributed by atoms with Crippen molar-refractivity contribution in [2.24, 2.45) is 17.6 Å². The van der Waals surface area contributed by atoms with Gasteiger partial charge in [-0.2, -0.15) is 0 Å². The number of primary amides is 1. The molecule has 0 spiro atoms. The Hall–Kier alpha value is -3.17. The van der Waals surface area contributed by atoms with Gasteiger partial charge >= 0.3 is 0 Å². The summed E-state index contributed by atoms with van der Waals surface area (Å²) in [6.07, 6.45) is 4.13. The molecule has 0 aliphatic heterocycles. The predicted molar refractivity (Wildman–Crippen MR) is 127 cm³/mol. The lowest BCUT2D eigenvalue weighted by molar-refractivity contribution is -0.148. The second-order valence-electron chi connectivity index (χ2n) is 10.0. The molecule has 0 heterocycles. The predicted octanol–water partition coefficient (Wildman–Crippen LogP) is 1.85. The number of likely N-dealkylation sites (N-methyl/N-ethyl adjacent to an activating group) is 1. The third-order valence-corrected chi connectivity index (χ3v) is 7.75. The second-order valence-corrected chi connectivity index (χ2v) is 10.0. The first-order chi connectivity index (χ1) is 16.5. The van der Waals surface area contributed by atoms with Crippen molar-refractivity contribution in [3.05, 3.63) is 51.5 Å². The number of phenols is 1. The highest BCUT2D eigenvalue weighted by molar-refractivity contribution is 6.24. The van der Waals surface area contributed by atoms with Crippen LogP contribution in [0.4, 0.5) is 0 Å². The number of aliphatic hydroxyl groups is 3. The van der Waals surface area contributed by atoms with E-state index in [1.807, 2.05) is 6.07 Å². The molecule has 0 bridgehead atoms. The summed E-state index contributed by atoms with van der Waals surface area (Å²) in [5, 5.41) is 44.2. The lowest BCUT2D eigenvalue weighted by Crippen LogP contribution is -2.63. The Bertz CT molecular complexity index is 1180. The molecule has 0 saturated carbocycles. The number of allylic oxidation sites excluding steroid dienone is 1. The number of aliphatic hydroxyl groups excluding tert-OH is 2. The first-order valence-corrected chi connectivity index (χ1v) is 11.9. The number of carbonyl (C=O) groups is 3. The van der Waals surface area contributed by atoms with Crippen LogP contribution in [0.15, 0.2) is 34.8 Å². The molecule has 0 radical (unpaired) electrons. The Morgan fingerprint density at radius 1 is 1.17 bits per heavy atom. The van der Waals surface area contributed by atoms with E-state index >= 15 is 0 Å². The van der Waals surface area contributed by atoms with Crippen LogP contribution in [0, 0.1) is 11.8 Å². The van der Waals surface area contributed by atoms with Crippen molar-refractivity contribution in [3.8, 4) is 5.75 Å². The molecule has 188 valence electrons. The number of aromatic hydroxyl groups is 1. The molecule has 0 saturated heterocycles. The van der Waals surface area contributed by atoms with Crippen LogP contribution >= 0.6 is 0 Å². The maximum Gasteiger partial charge on any atom is 0.255 e. The van der Waals surface area contributed by atoms with Crippen molar-refractivity contribution in [2.75, 3.05) is 14.1 Å². The number of hydrogen-bond donors (Lipinski definition) is 5. The number of fused-ring (bicyclic) bond motifs is 3. The van der Waals surface area contributed by atoms with Gasteiger partial charge in [-0.05, 0) is 62.9 Å². The minimum Gasteiger partial charge on any atom is -0.510 e. The van der Waals surface area contributed by atoms with Gasteiger partial charge in [-0.1, -0.05) is 25.8 Å². The van der Waals surface area contributed by atoms with Crippen molar-refractivity contribution in [1.29, 1.82) is 0 Å². The minimum atomic E-state index is -2.61. The molecule has 1 aromatic rings. The number of unbranched alkanes of at least 4 members (excludes halogenated alkanes) is 2. The summed E-state index contributed by atoms with van der Waals surface area (Å²) in [5.41, 5.74) is 3.51. The Labute approximate surface area is 203 Å². The average Bonchev–Trinajstić information content (AvgIpc) is 2.77. The zero-order valence-corrected chi connectivity index (χ0v) is 20.2. The Kier molecular flexibility index (Phi) is 6.27. The van der Waals surface area contributed by atoms with Crippen LogP contribution in [-0.2, 0) is 22.4 Å². The van der Waals surface area contributed by atoms with Crippen molar-refractivity contribution >= 4 is 17.5 Å². The number of ketones is 2. The number of nitrogens with zero attached hydrogens (tertiary/aromatic N) is 1. The summed E-state index contributed by atoms with van der Waals surface area (Å²) < 4.78 is 0. The van der Waals surface area contributed by atoms with Crippen molar-refractivity contribution in [1.82, 2.24) is 4.90 Å². The monoisotopic (exact) mass is 484 g/mol. The van der Waals surface area contributed by atoms with Gasteiger partial charge in [0, 0.05) is 11.5 Å². The number of rotatable bonds is 6. The van der Waals surface area contributed by atoms with Crippen LogP contribution in [0.3, 0.4) is 0 Å². The maximum atomic E-state index is 13.6. The molecule has 9 nitrogen and oxygen atoms in total. The lowest BCUT2D eigenvalue weighted by atomic mass is 9.58. The molecule has 0 fully saturated rings.